The van der Waals surface area contributed by atoms with Crippen LogP contribution in [0.2, 0.25) is 0 Å². The van der Waals surface area contributed by atoms with Gasteiger partial charge in [0.1, 0.15) is 12.1 Å². The highest BCUT2D eigenvalue weighted by molar-refractivity contribution is 5.79. The van der Waals surface area contributed by atoms with Crippen LogP contribution in [0.5, 0.6) is 0 Å². The van der Waals surface area contributed by atoms with Crippen LogP contribution in [0.15, 0.2) is 0 Å². The van der Waals surface area contributed by atoms with Crippen LogP contribution in [0.1, 0.15) is 19.3 Å². The maximum absolute atomic E-state index is 11.7. The standard InChI is InChI=1S/C12H19N3O5/c13-4-1-9(16)14-5-2-12(3-6-14)8-15(7-10(17)18)11(19)20-12/h1-8,13H2,(H,17,18). The SMILES string of the molecule is NCCC(=O)N1CCC2(CC1)CN(CC(=O)O)C(=O)O2. The fraction of sp³-hybridized carbons (Fsp3) is 0.750. The topological polar surface area (TPSA) is 113 Å². The summed E-state index contributed by atoms with van der Waals surface area (Å²) in [6.07, 6.45) is 0.794. The molecule has 3 N–H and O–H groups in total. The molecule has 2 aliphatic rings. The molecule has 2 aliphatic heterocycles. The van der Waals surface area contributed by atoms with E-state index < -0.39 is 17.7 Å². The van der Waals surface area contributed by atoms with Crippen molar-refractivity contribution in [1.82, 2.24) is 9.80 Å². The van der Waals surface area contributed by atoms with Crippen molar-refractivity contribution in [2.45, 2.75) is 24.9 Å². The van der Waals surface area contributed by atoms with Gasteiger partial charge in [-0.25, -0.2) is 4.79 Å². The van der Waals surface area contributed by atoms with Crippen LogP contribution < -0.4 is 5.73 Å². The van der Waals surface area contributed by atoms with Crippen LogP contribution in [-0.4, -0.2) is 71.2 Å². The molecule has 112 valence electrons. The molecular formula is C12H19N3O5. The summed E-state index contributed by atoms with van der Waals surface area (Å²) in [6, 6.07) is 0. The number of rotatable bonds is 4. The van der Waals surface area contributed by atoms with E-state index in [9.17, 15) is 14.4 Å². The first-order chi connectivity index (χ1) is 9.46. The number of nitrogens with two attached hydrogens (primary N) is 1. The highest BCUT2D eigenvalue weighted by Crippen LogP contribution is 2.33. The molecule has 0 aromatic carbocycles. The molecule has 1 spiro atoms. The predicted molar refractivity (Wildman–Crippen MR) is 67.9 cm³/mol. The molecule has 0 unspecified atom stereocenters. The Morgan fingerprint density at radius 3 is 2.55 bits per heavy atom. The number of carbonyl (C=O) groups is 3. The van der Waals surface area contributed by atoms with Crippen molar-refractivity contribution >= 4 is 18.0 Å². The first kappa shape index (κ1) is 14.6. The molecule has 0 bridgehead atoms. The third-order valence-electron chi connectivity index (χ3n) is 3.75. The average molecular weight is 285 g/mol. The number of piperidine rings is 1. The molecule has 0 aliphatic carbocycles. The zero-order chi connectivity index (χ0) is 14.8. The van der Waals surface area contributed by atoms with Gasteiger partial charge in [0.05, 0.1) is 6.54 Å². The molecule has 2 saturated heterocycles. The van der Waals surface area contributed by atoms with Gasteiger partial charge in [0.25, 0.3) is 0 Å². The van der Waals surface area contributed by atoms with E-state index in [1.165, 1.54) is 4.90 Å². The Balaban J connectivity index is 1.91. The van der Waals surface area contributed by atoms with E-state index in [2.05, 4.69) is 0 Å². The van der Waals surface area contributed by atoms with E-state index in [0.717, 1.165) is 0 Å². The zero-order valence-corrected chi connectivity index (χ0v) is 11.2. The maximum atomic E-state index is 11.7. The van der Waals surface area contributed by atoms with E-state index in [-0.39, 0.29) is 19.0 Å². The summed E-state index contributed by atoms with van der Waals surface area (Å²) in [5.41, 5.74) is 4.71. The van der Waals surface area contributed by atoms with Gasteiger partial charge in [-0.1, -0.05) is 0 Å². The van der Waals surface area contributed by atoms with Gasteiger partial charge in [-0.15, -0.1) is 0 Å². The molecule has 0 aromatic rings. The second-order valence-corrected chi connectivity index (χ2v) is 5.22. The second kappa shape index (κ2) is 5.66. The van der Waals surface area contributed by atoms with Crippen LogP contribution >= 0.6 is 0 Å². The Hall–Kier alpha value is -1.83. The summed E-state index contributed by atoms with van der Waals surface area (Å²) >= 11 is 0. The maximum Gasteiger partial charge on any atom is 0.411 e. The second-order valence-electron chi connectivity index (χ2n) is 5.22. The van der Waals surface area contributed by atoms with Crippen molar-refractivity contribution in [3.05, 3.63) is 0 Å². The summed E-state index contributed by atoms with van der Waals surface area (Å²) < 4.78 is 5.35. The molecule has 0 radical (unpaired) electrons. The smallest absolute Gasteiger partial charge is 0.411 e. The number of carboxylic acid groups (broad SMARTS) is 1. The van der Waals surface area contributed by atoms with Gasteiger partial charge < -0.3 is 20.5 Å². The summed E-state index contributed by atoms with van der Waals surface area (Å²) in [7, 11) is 0. The quantitative estimate of drug-likeness (QED) is 0.701. The Morgan fingerprint density at radius 1 is 1.35 bits per heavy atom. The Morgan fingerprint density at radius 2 is 2.00 bits per heavy atom. The van der Waals surface area contributed by atoms with E-state index in [4.69, 9.17) is 15.6 Å². The van der Waals surface area contributed by atoms with Crippen LogP contribution in [-0.2, 0) is 14.3 Å². The van der Waals surface area contributed by atoms with Crippen LogP contribution in [0.4, 0.5) is 4.79 Å². The number of carbonyl (C=O) groups excluding carboxylic acids is 2. The van der Waals surface area contributed by atoms with Crippen molar-refractivity contribution in [3.8, 4) is 0 Å². The zero-order valence-electron chi connectivity index (χ0n) is 11.2. The molecule has 0 saturated carbocycles. The summed E-state index contributed by atoms with van der Waals surface area (Å²) in [6.45, 7) is 1.26. The summed E-state index contributed by atoms with van der Waals surface area (Å²) in [4.78, 5) is 36.9. The van der Waals surface area contributed by atoms with Crippen LogP contribution in [0, 0.1) is 0 Å². The highest BCUT2D eigenvalue weighted by atomic mass is 16.6. The molecule has 8 heteroatoms. The van der Waals surface area contributed by atoms with Gasteiger partial charge in [0.2, 0.25) is 5.91 Å². The van der Waals surface area contributed by atoms with Crippen molar-refractivity contribution in [1.29, 1.82) is 0 Å². The monoisotopic (exact) mass is 285 g/mol. The number of ether oxygens (including phenoxy) is 1. The largest absolute Gasteiger partial charge is 0.480 e. The lowest BCUT2D eigenvalue weighted by atomic mass is 9.91. The Labute approximate surface area is 116 Å². The Bertz CT molecular complexity index is 417. The lowest BCUT2D eigenvalue weighted by Gasteiger charge is -2.37. The highest BCUT2D eigenvalue weighted by Gasteiger charge is 2.47. The molecule has 20 heavy (non-hydrogen) atoms. The minimum absolute atomic E-state index is 0.00839. The van der Waals surface area contributed by atoms with Gasteiger partial charge in [0, 0.05) is 38.9 Å². The number of nitrogens with zero attached hydrogens (tertiary/aromatic N) is 2. The Kier molecular flexibility index (Phi) is 4.12. The van der Waals surface area contributed by atoms with Gasteiger partial charge in [0.15, 0.2) is 0 Å². The van der Waals surface area contributed by atoms with Crippen LogP contribution in [0.25, 0.3) is 0 Å². The minimum atomic E-state index is -1.06. The lowest BCUT2D eigenvalue weighted by Crippen LogP contribution is -2.49. The predicted octanol–water partition coefficient (Wildman–Crippen LogP) is -0.767. The molecule has 2 fully saturated rings. The molecule has 2 amide bonds. The molecule has 2 rings (SSSR count). The van der Waals surface area contributed by atoms with Gasteiger partial charge in [-0.05, 0) is 0 Å². The van der Waals surface area contributed by atoms with Crippen LogP contribution in [0.3, 0.4) is 0 Å². The molecular weight excluding hydrogens is 266 g/mol. The summed E-state index contributed by atoms with van der Waals surface area (Å²) in [5.74, 6) is -1.05. The fourth-order valence-corrected chi connectivity index (χ4v) is 2.68. The number of aliphatic carboxylic acids is 1. The van der Waals surface area contributed by atoms with E-state index >= 15 is 0 Å². The van der Waals surface area contributed by atoms with Crippen molar-refractivity contribution < 1.29 is 24.2 Å². The van der Waals surface area contributed by atoms with Crippen molar-refractivity contribution in [2.24, 2.45) is 5.73 Å². The molecule has 8 nitrogen and oxygen atoms in total. The minimum Gasteiger partial charge on any atom is -0.480 e. The normalized spacial score (nSPS) is 21.1. The number of hydrogen-bond donors (Lipinski definition) is 2. The van der Waals surface area contributed by atoms with Gasteiger partial charge in [-0.2, -0.15) is 0 Å². The van der Waals surface area contributed by atoms with Gasteiger partial charge >= 0.3 is 12.1 Å². The van der Waals surface area contributed by atoms with Crippen molar-refractivity contribution in [2.75, 3.05) is 32.7 Å². The van der Waals surface area contributed by atoms with E-state index in [1.807, 2.05) is 0 Å². The fourth-order valence-electron chi connectivity index (χ4n) is 2.68. The average Bonchev–Trinajstić information content (AvgIpc) is 2.66. The molecule has 0 aromatic heterocycles. The first-order valence-electron chi connectivity index (χ1n) is 6.63. The van der Waals surface area contributed by atoms with E-state index in [1.54, 1.807) is 4.90 Å². The number of hydrogen-bond acceptors (Lipinski definition) is 5. The molecule has 2 heterocycles. The number of amides is 2. The third kappa shape index (κ3) is 3.01. The van der Waals surface area contributed by atoms with E-state index in [0.29, 0.717) is 38.9 Å². The van der Waals surface area contributed by atoms with Crippen molar-refractivity contribution in [3.63, 3.8) is 0 Å². The number of carboxylic acids is 1. The third-order valence-corrected chi connectivity index (χ3v) is 3.75. The summed E-state index contributed by atoms with van der Waals surface area (Å²) in [5, 5.41) is 8.74. The molecule has 0 atom stereocenters. The van der Waals surface area contributed by atoms with Gasteiger partial charge in [-0.3, -0.25) is 14.5 Å². The lowest BCUT2D eigenvalue weighted by molar-refractivity contribution is -0.137. The number of likely N-dealkylation sites (tertiary alicyclic amines) is 1. The first-order valence-corrected chi connectivity index (χ1v) is 6.63.